The average Bonchev–Trinajstić information content (AvgIpc) is 0.975. The number of aliphatic hydroxyl groups excluding tert-OH is 2. The van der Waals surface area contributed by atoms with Gasteiger partial charge >= 0.3 is 5.97 Å². The number of aromatic hydroxyl groups is 1. The molecule has 472 valence electrons. The van der Waals surface area contributed by atoms with E-state index in [0.29, 0.717) is 49.5 Å². The Morgan fingerprint density at radius 1 is 0.744 bits per heavy atom. The first-order valence-electron chi connectivity index (χ1n) is 35.3. The number of ether oxygens (including phenoxy) is 1. The van der Waals surface area contributed by atoms with E-state index in [1.165, 1.54) is 81.5 Å². The van der Waals surface area contributed by atoms with E-state index in [0.717, 1.165) is 101 Å². The van der Waals surface area contributed by atoms with Crippen LogP contribution in [0.25, 0.3) is 22.8 Å². The van der Waals surface area contributed by atoms with Crippen molar-refractivity contribution in [2.24, 2.45) is 74.4 Å². The highest BCUT2D eigenvalue weighted by atomic mass is 16.5. The third kappa shape index (κ3) is 10.2. The number of phenols is 1. The summed E-state index contributed by atoms with van der Waals surface area (Å²) in [6, 6.07) is 46.2. The topological polar surface area (TPSA) is 107 Å². The molecule has 14 rings (SSSR count). The molecule has 90 heavy (non-hydrogen) atoms. The Morgan fingerprint density at radius 3 is 2.23 bits per heavy atom. The quantitative estimate of drug-likeness (QED) is 0.0614. The van der Waals surface area contributed by atoms with Gasteiger partial charge in [0.25, 0.3) is 0 Å². The number of benzene rings is 5. The van der Waals surface area contributed by atoms with Crippen molar-refractivity contribution in [2.75, 3.05) is 13.7 Å². The van der Waals surface area contributed by atoms with Crippen LogP contribution in [0, 0.1) is 74.4 Å². The fraction of sp³-hybridized carbons (Fsp3) is 0.512. The normalized spacial score (nSPS) is 33.5. The van der Waals surface area contributed by atoms with E-state index in [9.17, 15) is 25.2 Å². The van der Waals surface area contributed by atoms with Crippen molar-refractivity contribution in [3.8, 4) is 16.9 Å². The summed E-state index contributed by atoms with van der Waals surface area (Å²) in [6.45, 7) is 12.7. The Kier molecular flexibility index (Phi) is 16.7. The zero-order valence-electron chi connectivity index (χ0n) is 54.4. The molecule has 0 heterocycles. The number of hydrogen-bond acceptors (Lipinski definition) is 5. The predicted molar refractivity (Wildman–Crippen MR) is 364 cm³/mol. The van der Waals surface area contributed by atoms with E-state index >= 15 is 0 Å². The molecule has 4 fully saturated rings. The molecular formula is C84H100O6. The summed E-state index contributed by atoms with van der Waals surface area (Å²) in [5.74, 6) is 0.777. The lowest BCUT2D eigenvalue weighted by Gasteiger charge is -2.73. The first-order chi connectivity index (χ1) is 43.6. The van der Waals surface area contributed by atoms with E-state index in [2.05, 4.69) is 148 Å². The van der Waals surface area contributed by atoms with Gasteiger partial charge in [-0.2, -0.15) is 0 Å². The molecule has 2 bridgehead atoms. The predicted octanol–water partition coefficient (Wildman–Crippen LogP) is 17.0. The largest absolute Gasteiger partial charge is 0.508 e. The summed E-state index contributed by atoms with van der Waals surface area (Å²) in [5.41, 5.74) is 12.9. The molecule has 0 amide bonds. The van der Waals surface area contributed by atoms with Crippen LogP contribution in [0.3, 0.4) is 0 Å². The third-order valence-corrected chi connectivity index (χ3v) is 26.8. The molecule has 13 atom stereocenters. The van der Waals surface area contributed by atoms with Crippen molar-refractivity contribution in [3.63, 3.8) is 0 Å². The van der Waals surface area contributed by atoms with Crippen molar-refractivity contribution < 1.29 is 30.0 Å². The fourth-order valence-corrected chi connectivity index (χ4v) is 22.7. The van der Waals surface area contributed by atoms with Crippen LogP contribution < -0.4 is 10.4 Å². The maximum absolute atomic E-state index is 14.4. The first kappa shape index (κ1) is 61.5. The number of methoxy groups -OCH3 is 1. The number of carboxylic acid groups (broad SMARTS) is 1. The number of hydrogen-bond donors (Lipinski definition) is 4. The monoisotopic (exact) mass is 1200 g/mol. The maximum Gasteiger partial charge on any atom is 0.306 e. The number of aliphatic carboxylic acids is 1. The summed E-state index contributed by atoms with van der Waals surface area (Å²) in [7, 11) is 1.78. The zero-order chi connectivity index (χ0) is 62.2. The van der Waals surface area contributed by atoms with Crippen LogP contribution in [0.15, 0.2) is 174 Å². The smallest absolute Gasteiger partial charge is 0.306 e. The minimum atomic E-state index is -0.760. The third-order valence-electron chi connectivity index (χ3n) is 26.8. The molecule has 5 aromatic carbocycles. The summed E-state index contributed by atoms with van der Waals surface area (Å²) in [4.78, 5) is 14.4. The molecule has 6 heteroatoms. The van der Waals surface area contributed by atoms with Crippen LogP contribution in [-0.2, 0) is 28.8 Å². The van der Waals surface area contributed by atoms with Crippen LogP contribution in [0.1, 0.15) is 171 Å². The van der Waals surface area contributed by atoms with Gasteiger partial charge in [0.1, 0.15) is 5.75 Å². The second-order valence-corrected chi connectivity index (χ2v) is 30.9. The zero-order valence-corrected chi connectivity index (χ0v) is 54.4. The van der Waals surface area contributed by atoms with Crippen molar-refractivity contribution in [1.29, 1.82) is 0 Å². The second kappa shape index (κ2) is 24.4. The molecule has 4 saturated carbocycles. The van der Waals surface area contributed by atoms with Crippen LogP contribution in [-0.4, -0.2) is 52.3 Å². The van der Waals surface area contributed by atoms with Gasteiger partial charge in [-0.25, -0.2) is 0 Å². The van der Waals surface area contributed by atoms with Gasteiger partial charge in [0, 0.05) is 40.6 Å². The fourth-order valence-electron chi connectivity index (χ4n) is 22.7. The Hall–Kier alpha value is -6.05. The Morgan fingerprint density at radius 2 is 1.48 bits per heavy atom. The standard InChI is InChI=1S/C84H100O6/c1-54(55(2)59-19-10-7-11-20-59)24-38-69(78(88)89)77-75(86)53-84(65-34-30-62(31-35-65)67(39-27-56-16-8-6-9-17-56)61-28-25-57(26-29-61)42-47-90-5)74-52-82-44-15-43-80(3)76(87)41-46-83(79(80)82,72(74)40-45-81(77,84)4)73-50-64-21-12-13-23-68(64)70(71(73)51-82)49-58-18-14-22-63(48-58)60-32-36-66(85)37-33-60/h6,8-9,12-18,21-23,25-26,28-29,32-33,36-37,44,48,50-51,55,59,62,65,67,69,73,75-77,79,85-87H,1,7,10-11,19-20,24,27,30-31,34-35,38-43,45-47,49,52-53H2,2-5H3,(H,88,89). The highest BCUT2D eigenvalue weighted by Crippen LogP contribution is 2.82. The van der Waals surface area contributed by atoms with Gasteiger partial charge in [-0.3, -0.25) is 4.79 Å². The van der Waals surface area contributed by atoms with Gasteiger partial charge in [-0.1, -0.05) is 203 Å². The Bertz CT molecular complexity index is 3710. The molecule has 0 aliphatic heterocycles. The van der Waals surface area contributed by atoms with E-state index in [4.69, 9.17) is 11.3 Å². The molecule has 0 aromatic heterocycles. The van der Waals surface area contributed by atoms with Crippen molar-refractivity contribution in [3.05, 3.63) is 207 Å². The highest BCUT2D eigenvalue weighted by molar-refractivity contribution is 5.77. The lowest BCUT2D eigenvalue weighted by atomic mass is 9.30. The number of aryl methyl sites for hydroxylation is 1. The SMILES string of the molecule is C=C(CCC(C(=O)O)C1C(O)CC2(C3CCC(C(CCc4ccccc4)c4ccc(CCOC)cc4)CC3)C3=C(CCC12C)C12CCC(O)C4(C)CC=CC(C=C5C(Cc6cccc(-c7ccc(O)cc7)c6)=c6ccccc6=CC51)(C3)C42)C(C)C1CCCCC1. The molecule has 0 saturated heterocycles. The molecular weight excluding hydrogens is 1100 g/mol. The summed E-state index contributed by atoms with van der Waals surface area (Å²) >= 11 is 0. The summed E-state index contributed by atoms with van der Waals surface area (Å²) in [5, 5.41) is 51.0. The minimum absolute atomic E-state index is 0.0684. The second-order valence-electron chi connectivity index (χ2n) is 30.9. The molecule has 0 radical (unpaired) electrons. The van der Waals surface area contributed by atoms with Crippen LogP contribution in [0.4, 0.5) is 0 Å². The van der Waals surface area contributed by atoms with Gasteiger partial charge in [0.2, 0.25) is 0 Å². The van der Waals surface area contributed by atoms with E-state index in [1.807, 2.05) is 12.1 Å². The number of carboxylic acids is 1. The number of allylic oxidation sites excluding steroid dienone is 7. The van der Waals surface area contributed by atoms with Crippen LogP contribution >= 0.6 is 0 Å². The van der Waals surface area contributed by atoms with Crippen LogP contribution in [0.2, 0.25) is 0 Å². The van der Waals surface area contributed by atoms with Crippen molar-refractivity contribution in [2.45, 2.75) is 180 Å². The van der Waals surface area contributed by atoms with E-state index in [-0.39, 0.29) is 34.3 Å². The number of rotatable bonds is 19. The average molecular weight is 1210 g/mol. The molecule has 5 aromatic rings. The number of phenolic OH excluding ortho intramolecular Hbond substituents is 1. The van der Waals surface area contributed by atoms with E-state index in [1.54, 1.807) is 30.4 Å². The molecule has 6 nitrogen and oxygen atoms in total. The molecule has 9 aliphatic rings. The van der Waals surface area contributed by atoms with Gasteiger partial charge in [-0.15, -0.1) is 0 Å². The molecule has 9 aliphatic carbocycles. The van der Waals surface area contributed by atoms with Crippen molar-refractivity contribution in [1.82, 2.24) is 0 Å². The van der Waals surface area contributed by atoms with Gasteiger partial charge in [0.05, 0.1) is 24.7 Å². The number of carbonyl (C=O) groups is 1. The maximum atomic E-state index is 14.4. The molecule has 13 unspecified atom stereocenters. The van der Waals surface area contributed by atoms with E-state index < -0.39 is 46.3 Å². The Labute approximate surface area is 537 Å². The lowest BCUT2D eigenvalue weighted by molar-refractivity contribution is -0.164. The van der Waals surface area contributed by atoms with Crippen molar-refractivity contribution >= 4 is 17.6 Å². The number of aliphatic hydroxyl groups is 2. The lowest BCUT2D eigenvalue weighted by Crippen LogP contribution is -2.68. The number of fused-ring (bicyclic) bond motifs is 4. The van der Waals surface area contributed by atoms with Crippen LogP contribution in [0.5, 0.6) is 5.75 Å². The highest BCUT2D eigenvalue weighted by Gasteiger charge is 2.76. The Balaban J connectivity index is 0.898. The summed E-state index contributed by atoms with van der Waals surface area (Å²) < 4.78 is 5.50. The van der Waals surface area contributed by atoms with Gasteiger partial charge in [0.15, 0.2) is 0 Å². The van der Waals surface area contributed by atoms with Gasteiger partial charge < -0.3 is 25.2 Å². The summed E-state index contributed by atoms with van der Waals surface area (Å²) in [6.07, 6.45) is 30.6. The molecule has 4 N–H and O–H groups in total. The first-order valence-corrected chi connectivity index (χ1v) is 35.3. The molecule has 0 spiro atoms. The van der Waals surface area contributed by atoms with Gasteiger partial charge in [-0.05, 0) is 230 Å². The minimum Gasteiger partial charge on any atom is -0.508 e.